The zero-order valence-electron chi connectivity index (χ0n) is 18.1. The molecule has 4 rings (SSSR count). The van der Waals surface area contributed by atoms with Crippen LogP contribution in [-0.4, -0.2) is 30.9 Å². The van der Waals surface area contributed by atoms with Gasteiger partial charge in [-0.3, -0.25) is 0 Å². The molecule has 0 aliphatic rings. The maximum absolute atomic E-state index is 13.2. The number of hydrogen-bond donors (Lipinski definition) is 0. The van der Waals surface area contributed by atoms with Crippen LogP contribution in [0.2, 0.25) is 0 Å². The standard InChI is InChI=1S/C26H28N2O2S/c1-20-13-15-24(16-14-20)31(29,30)27(3)19-21(2)26(23-10-5-4-6-11-23)28-18-17-22-9-7-8-12-25(22)28/h4-18,21,26H,19H2,1-3H3/t21-,26-/m0/s1. The number of fused-ring (bicyclic) bond motifs is 1. The number of aryl methyl sites for hydroxylation is 1. The Hall–Kier alpha value is -2.89. The van der Waals surface area contributed by atoms with E-state index in [1.807, 2.05) is 49.4 Å². The molecule has 1 aromatic heterocycles. The van der Waals surface area contributed by atoms with Crippen LogP contribution in [0.15, 0.2) is 96.0 Å². The fourth-order valence-corrected chi connectivity index (χ4v) is 5.53. The summed E-state index contributed by atoms with van der Waals surface area (Å²) in [6.45, 7) is 4.48. The number of para-hydroxylation sites is 1. The minimum absolute atomic E-state index is 0.0109. The van der Waals surface area contributed by atoms with Gasteiger partial charge in [-0.2, -0.15) is 0 Å². The first kappa shape index (κ1) is 21.3. The van der Waals surface area contributed by atoms with Gasteiger partial charge in [0.25, 0.3) is 0 Å². The van der Waals surface area contributed by atoms with Gasteiger partial charge >= 0.3 is 0 Å². The molecule has 160 valence electrons. The Morgan fingerprint density at radius 3 is 2.23 bits per heavy atom. The maximum Gasteiger partial charge on any atom is 0.242 e. The van der Waals surface area contributed by atoms with Crippen LogP contribution in [0.5, 0.6) is 0 Å². The van der Waals surface area contributed by atoms with E-state index in [0.29, 0.717) is 11.4 Å². The summed E-state index contributed by atoms with van der Waals surface area (Å²) < 4.78 is 30.1. The molecule has 2 atom stereocenters. The van der Waals surface area contributed by atoms with Crippen LogP contribution in [-0.2, 0) is 10.0 Å². The third-order valence-corrected chi connectivity index (χ3v) is 7.72. The van der Waals surface area contributed by atoms with E-state index in [2.05, 4.69) is 48.0 Å². The Balaban J connectivity index is 1.68. The van der Waals surface area contributed by atoms with Crippen LogP contribution in [0.3, 0.4) is 0 Å². The zero-order valence-corrected chi connectivity index (χ0v) is 19.0. The van der Waals surface area contributed by atoms with E-state index in [-0.39, 0.29) is 12.0 Å². The van der Waals surface area contributed by atoms with Crippen LogP contribution in [0.25, 0.3) is 10.9 Å². The highest BCUT2D eigenvalue weighted by molar-refractivity contribution is 7.89. The minimum atomic E-state index is -3.55. The molecule has 0 aliphatic carbocycles. The number of rotatable bonds is 7. The summed E-state index contributed by atoms with van der Waals surface area (Å²) in [6.07, 6.45) is 2.10. The highest BCUT2D eigenvalue weighted by Gasteiger charge is 2.28. The fourth-order valence-electron chi connectivity index (χ4n) is 4.25. The summed E-state index contributed by atoms with van der Waals surface area (Å²) in [6, 6.07) is 27.8. The molecular weight excluding hydrogens is 404 g/mol. The Labute approximate surface area is 184 Å². The van der Waals surface area contributed by atoms with E-state index in [0.717, 1.165) is 16.6 Å². The van der Waals surface area contributed by atoms with Crippen molar-refractivity contribution in [2.75, 3.05) is 13.6 Å². The number of hydrogen-bond acceptors (Lipinski definition) is 2. The summed E-state index contributed by atoms with van der Waals surface area (Å²) in [5, 5.41) is 1.18. The highest BCUT2D eigenvalue weighted by Crippen LogP contribution is 2.32. The van der Waals surface area contributed by atoms with Crippen molar-refractivity contribution in [3.05, 3.63) is 102 Å². The Morgan fingerprint density at radius 1 is 0.871 bits per heavy atom. The average molecular weight is 433 g/mol. The first-order valence-electron chi connectivity index (χ1n) is 10.5. The second-order valence-corrected chi connectivity index (χ2v) is 10.3. The molecule has 0 saturated heterocycles. The molecule has 1 heterocycles. The molecule has 0 N–H and O–H groups in total. The zero-order chi connectivity index (χ0) is 22.0. The van der Waals surface area contributed by atoms with Crippen LogP contribution in [0.4, 0.5) is 0 Å². The molecule has 0 amide bonds. The third kappa shape index (κ3) is 4.29. The molecule has 0 bridgehead atoms. The van der Waals surface area contributed by atoms with Gasteiger partial charge in [0.2, 0.25) is 10.0 Å². The predicted octanol–water partition coefficient (Wildman–Crippen LogP) is 5.50. The van der Waals surface area contributed by atoms with Crippen molar-refractivity contribution < 1.29 is 8.42 Å². The lowest BCUT2D eigenvalue weighted by Gasteiger charge is -2.30. The van der Waals surface area contributed by atoms with Gasteiger partial charge in [-0.25, -0.2) is 12.7 Å². The molecule has 4 nitrogen and oxygen atoms in total. The fraction of sp³-hybridized carbons (Fsp3) is 0.231. The number of sulfonamides is 1. The molecule has 0 radical (unpaired) electrons. The van der Waals surface area contributed by atoms with Crippen molar-refractivity contribution in [3.63, 3.8) is 0 Å². The lowest BCUT2D eigenvalue weighted by atomic mass is 9.94. The van der Waals surface area contributed by atoms with E-state index in [1.54, 1.807) is 19.2 Å². The summed E-state index contributed by atoms with van der Waals surface area (Å²) in [5.41, 5.74) is 3.35. The third-order valence-electron chi connectivity index (χ3n) is 5.88. The monoisotopic (exact) mass is 432 g/mol. The van der Waals surface area contributed by atoms with Gasteiger partial charge in [-0.05, 0) is 48.1 Å². The van der Waals surface area contributed by atoms with Gasteiger partial charge in [0.15, 0.2) is 0 Å². The SMILES string of the molecule is Cc1ccc(S(=O)(=O)N(C)C[C@H](C)[C@@H](c2ccccc2)n2ccc3ccccc32)cc1. The smallest absolute Gasteiger partial charge is 0.242 e. The summed E-state index contributed by atoms with van der Waals surface area (Å²) in [5.74, 6) is 0.0448. The van der Waals surface area contributed by atoms with Crippen molar-refractivity contribution in [1.29, 1.82) is 0 Å². The summed E-state index contributed by atoms with van der Waals surface area (Å²) in [4.78, 5) is 0.329. The van der Waals surface area contributed by atoms with Crippen molar-refractivity contribution >= 4 is 20.9 Å². The van der Waals surface area contributed by atoms with Gasteiger partial charge in [0.05, 0.1) is 10.9 Å². The average Bonchev–Trinajstić information content (AvgIpc) is 3.19. The number of nitrogens with zero attached hydrogens (tertiary/aromatic N) is 2. The van der Waals surface area contributed by atoms with E-state index in [9.17, 15) is 8.42 Å². The van der Waals surface area contributed by atoms with Crippen LogP contribution in [0, 0.1) is 12.8 Å². The molecule has 3 aromatic carbocycles. The summed E-state index contributed by atoms with van der Waals surface area (Å²) >= 11 is 0. The largest absolute Gasteiger partial charge is 0.340 e. The van der Waals surface area contributed by atoms with E-state index in [4.69, 9.17) is 0 Å². The van der Waals surface area contributed by atoms with Crippen molar-refractivity contribution in [3.8, 4) is 0 Å². The van der Waals surface area contributed by atoms with Crippen molar-refractivity contribution in [2.45, 2.75) is 24.8 Å². The van der Waals surface area contributed by atoms with E-state index in [1.165, 1.54) is 9.69 Å². The van der Waals surface area contributed by atoms with Gasteiger partial charge in [-0.15, -0.1) is 0 Å². The molecule has 31 heavy (non-hydrogen) atoms. The molecule has 0 saturated carbocycles. The van der Waals surface area contributed by atoms with Crippen molar-refractivity contribution in [2.24, 2.45) is 5.92 Å². The van der Waals surface area contributed by atoms with Gasteiger partial charge in [-0.1, -0.05) is 73.2 Å². The molecule has 4 aromatic rings. The first-order valence-corrected chi connectivity index (χ1v) is 12.0. The molecular formula is C26H28N2O2S. The molecule has 0 fully saturated rings. The van der Waals surface area contributed by atoms with Gasteiger partial charge in [0, 0.05) is 25.3 Å². The second kappa shape index (κ2) is 8.69. The maximum atomic E-state index is 13.2. The Morgan fingerprint density at radius 2 is 1.52 bits per heavy atom. The minimum Gasteiger partial charge on any atom is -0.340 e. The van der Waals surface area contributed by atoms with Crippen molar-refractivity contribution in [1.82, 2.24) is 8.87 Å². The Kier molecular flexibility index (Phi) is 5.99. The molecule has 0 spiro atoms. The van der Waals surface area contributed by atoms with E-state index >= 15 is 0 Å². The highest BCUT2D eigenvalue weighted by atomic mass is 32.2. The number of benzene rings is 3. The first-order chi connectivity index (χ1) is 14.9. The lowest BCUT2D eigenvalue weighted by molar-refractivity contribution is 0.334. The number of aromatic nitrogens is 1. The predicted molar refractivity (Wildman–Crippen MR) is 127 cm³/mol. The lowest BCUT2D eigenvalue weighted by Crippen LogP contribution is -2.34. The van der Waals surface area contributed by atoms with Gasteiger partial charge < -0.3 is 4.57 Å². The molecule has 5 heteroatoms. The molecule has 0 unspecified atom stereocenters. The van der Waals surface area contributed by atoms with Crippen LogP contribution >= 0.6 is 0 Å². The normalized spacial score (nSPS) is 14.1. The van der Waals surface area contributed by atoms with Gasteiger partial charge in [0.1, 0.15) is 0 Å². The second-order valence-electron chi connectivity index (χ2n) is 8.21. The van der Waals surface area contributed by atoms with Crippen LogP contribution < -0.4 is 0 Å². The topological polar surface area (TPSA) is 42.3 Å². The Bertz CT molecular complexity index is 1260. The van der Waals surface area contributed by atoms with E-state index < -0.39 is 10.0 Å². The molecule has 0 aliphatic heterocycles. The van der Waals surface area contributed by atoms with Crippen LogP contribution in [0.1, 0.15) is 24.1 Å². The summed E-state index contributed by atoms with van der Waals surface area (Å²) in [7, 11) is -1.89. The quantitative estimate of drug-likeness (QED) is 0.387.